The predicted molar refractivity (Wildman–Crippen MR) is 49.8 cm³/mol. The van der Waals surface area contributed by atoms with Crippen LogP contribution in [0.5, 0.6) is 0 Å². The molecule has 0 amide bonds. The minimum atomic E-state index is -2.82. The molecular weight excluding hydrogens is 176 g/mol. The van der Waals surface area contributed by atoms with Crippen molar-refractivity contribution in [2.45, 2.75) is 26.2 Å². The maximum Gasteiger partial charge on any atom is 0.147 e. The Hall–Kier alpha value is -0.0900. The summed E-state index contributed by atoms with van der Waals surface area (Å²) in [6.45, 7) is 2.17. The van der Waals surface area contributed by atoms with Crippen molar-refractivity contribution in [2.24, 2.45) is 5.92 Å². The van der Waals surface area contributed by atoms with Crippen LogP contribution in [0.15, 0.2) is 0 Å². The Balaban J connectivity index is 3.55. The van der Waals surface area contributed by atoms with Crippen LogP contribution in [0.3, 0.4) is 0 Å². The van der Waals surface area contributed by atoms with Gasteiger partial charge in [-0.05, 0) is 18.8 Å². The SMILES string of the molecule is CCC(CO)CCCS(C)(=O)=O. The smallest absolute Gasteiger partial charge is 0.147 e. The molecule has 0 aliphatic rings. The van der Waals surface area contributed by atoms with Crippen LogP contribution in [-0.4, -0.2) is 32.1 Å². The Morgan fingerprint density at radius 1 is 1.42 bits per heavy atom. The summed E-state index contributed by atoms with van der Waals surface area (Å²) in [6, 6.07) is 0. The molecule has 1 N–H and O–H groups in total. The lowest BCUT2D eigenvalue weighted by atomic mass is 10.0. The summed E-state index contributed by atoms with van der Waals surface area (Å²) in [5, 5.41) is 8.81. The van der Waals surface area contributed by atoms with E-state index in [0.717, 1.165) is 12.8 Å². The van der Waals surface area contributed by atoms with E-state index < -0.39 is 9.84 Å². The Kier molecular flexibility index (Phi) is 5.50. The van der Waals surface area contributed by atoms with Crippen molar-refractivity contribution in [3.8, 4) is 0 Å². The normalized spacial score (nSPS) is 14.6. The van der Waals surface area contributed by atoms with Crippen molar-refractivity contribution in [3.05, 3.63) is 0 Å². The van der Waals surface area contributed by atoms with E-state index >= 15 is 0 Å². The Bertz CT molecular complexity index is 192. The molecule has 0 radical (unpaired) electrons. The number of aliphatic hydroxyl groups excluding tert-OH is 1. The summed E-state index contributed by atoms with van der Waals surface area (Å²) >= 11 is 0. The van der Waals surface area contributed by atoms with Gasteiger partial charge in [0.1, 0.15) is 9.84 Å². The second kappa shape index (κ2) is 5.54. The van der Waals surface area contributed by atoms with Crippen molar-refractivity contribution < 1.29 is 13.5 Å². The lowest BCUT2D eigenvalue weighted by molar-refractivity contribution is 0.214. The lowest BCUT2D eigenvalue weighted by Crippen LogP contribution is -2.08. The van der Waals surface area contributed by atoms with E-state index in [1.54, 1.807) is 0 Å². The standard InChI is InChI=1S/C8H18O3S/c1-3-8(7-9)5-4-6-12(2,10)11/h8-9H,3-7H2,1-2H3. The van der Waals surface area contributed by atoms with Crippen molar-refractivity contribution in [1.82, 2.24) is 0 Å². The molecule has 74 valence electrons. The van der Waals surface area contributed by atoms with Crippen molar-refractivity contribution in [3.63, 3.8) is 0 Å². The zero-order chi connectivity index (χ0) is 9.61. The third-order valence-corrected chi connectivity index (χ3v) is 2.99. The molecule has 0 saturated heterocycles. The van der Waals surface area contributed by atoms with Gasteiger partial charge in [0, 0.05) is 18.6 Å². The first-order chi connectivity index (χ1) is 5.49. The summed E-state index contributed by atoms with van der Waals surface area (Å²) in [5.41, 5.74) is 0. The van der Waals surface area contributed by atoms with Gasteiger partial charge in [-0.2, -0.15) is 0 Å². The number of aliphatic hydroxyl groups is 1. The molecule has 0 aliphatic heterocycles. The molecule has 1 atom stereocenters. The van der Waals surface area contributed by atoms with Crippen LogP contribution in [0.1, 0.15) is 26.2 Å². The minimum absolute atomic E-state index is 0.167. The van der Waals surface area contributed by atoms with Crippen LogP contribution in [0.4, 0.5) is 0 Å². The van der Waals surface area contributed by atoms with Crippen LogP contribution in [0, 0.1) is 5.92 Å². The van der Waals surface area contributed by atoms with E-state index in [1.165, 1.54) is 6.26 Å². The molecule has 0 spiro atoms. The molecule has 0 fully saturated rings. The first kappa shape index (κ1) is 11.9. The molecule has 0 rings (SSSR count). The monoisotopic (exact) mass is 194 g/mol. The van der Waals surface area contributed by atoms with Crippen molar-refractivity contribution in [2.75, 3.05) is 18.6 Å². The van der Waals surface area contributed by atoms with Gasteiger partial charge in [-0.15, -0.1) is 0 Å². The topological polar surface area (TPSA) is 54.4 Å². The Morgan fingerprint density at radius 2 is 2.00 bits per heavy atom. The largest absolute Gasteiger partial charge is 0.396 e. The first-order valence-corrected chi connectivity index (χ1v) is 6.34. The molecule has 0 heterocycles. The Labute approximate surface area is 74.7 Å². The van der Waals surface area contributed by atoms with Gasteiger partial charge in [-0.3, -0.25) is 0 Å². The summed E-state index contributed by atoms with van der Waals surface area (Å²) in [7, 11) is -2.82. The maximum atomic E-state index is 10.7. The van der Waals surface area contributed by atoms with Gasteiger partial charge in [0.05, 0.1) is 0 Å². The highest BCUT2D eigenvalue weighted by Gasteiger charge is 2.07. The van der Waals surface area contributed by atoms with E-state index in [1.807, 2.05) is 6.92 Å². The molecule has 0 bridgehead atoms. The molecule has 0 aromatic heterocycles. The van der Waals surface area contributed by atoms with Crippen molar-refractivity contribution in [1.29, 1.82) is 0 Å². The van der Waals surface area contributed by atoms with Crippen LogP contribution in [0.25, 0.3) is 0 Å². The van der Waals surface area contributed by atoms with Gasteiger partial charge < -0.3 is 5.11 Å². The molecule has 1 unspecified atom stereocenters. The predicted octanol–water partition coefficient (Wildman–Crippen LogP) is 0.830. The van der Waals surface area contributed by atoms with E-state index in [9.17, 15) is 8.42 Å². The van der Waals surface area contributed by atoms with Crippen LogP contribution < -0.4 is 0 Å². The molecule has 4 heteroatoms. The molecular formula is C8H18O3S. The fraction of sp³-hybridized carbons (Fsp3) is 1.00. The van der Waals surface area contributed by atoms with Crippen LogP contribution in [-0.2, 0) is 9.84 Å². The molecule has 0 saturated carbocycles. The van der Waals surface area contributed by atoms with E-state index in [4.69, 9.17) is 5.11 Å². The average Bonchev–Trinajstić information content (AvgIpc) is 1.96. The molecule has 3 nitrogen and oxygen atoms in total. The van der Waals surface area contributed by atoms with Gasteiger partial charge in [-0.1, -0.05) is 13.3 Å². The third kappa shape index (κ3) is 6.61. The van der Waals surface area contributed by atoms with Gasteiger partial charge in [0.15, 0.2) is 0 Å². The number of sulfone groups is 1. The van der Waals surface area contributed by atoms with Gasteiger partial charge in [-0.25, -0.2) is 8.42 Å². The van der Waals surface area contributed by atoms with Gasteiger partial charge in [0.25, 0.3) is 0 Å². The zero-order valence-electron chi connectivity index (χ0n) is 7.78. The molecule has 0 aliphatic carbocycles. The maximum absolute atomic E-state index is 10.7. The molecule has 0 aromatic carbocycles. The fourth-order valence-electron chi connectivity index (χ4n) is 1.06. The summed E-state index contributed by atoms with van der Waals surface area (Å²) in [5.74, 6) is 0.510. The van der Waals surface area contributed by atoms with Crippen molar-refractivity contribution >= 4 is 9.84 Å². The summed E-state index contributed by atoms with van der Waals surface area (Å²) in [6.07, 6.45) is 3.63. The third-order valence-electron chi connectivity index (χ3n) is 1.96. The fourth-order valence-corrected chi connectivity index (χ4v) is 1.75. The highest BCUT2D eigenvalue weighted by Crippen LogP contribution is 2.10. The number of rotatable bonds is 6. The van der Waals surface area contributed by atoms with Gasteiger partial charge >= 0.3 is 0 Å². The number of hydrogen-bond donors (Lipinski definition) is 1. The minimum Gasteiger partial charge on any atom is -0.396 e. The van der Waals surface area contributed by atoms with Crippen LogP contribution >= 0.6 is 0 Å². The molecule has 0 aromatic rings. The quantitative estimate of drug-likeness (QED) is 0.681. The lowest BCUT2D eigenvalue weighted by Gasteiger charge is -2.09. The number of hydrogen-bond acceptors (Lipinski definition) is 3. The first-order valence-electron chi connectivity index (χ1n) is 4.28. The zero-order valence-corrected chi connectivity index (χ0v) is 8.60. The van der Waals surface area contributed by atoms with E-state index in [-0.39, 0.29) is 18.3 Å². The summed E-state index contributed by atoms with van der Waals surface area (Å²) in [4.78, 5) is 0. The second-order valence-corrected chi connectivity index (χ2v) is 5.49. The highest BCUT2D eigenvalue weighted by molar-refractivity contribution is 7.90. The highest BCUT2D eigenvalue weighted by atomic mass is 32.2. The Morgan fingerprint density at radius 3 is 2.33 bits per heavy atom. The second-order valence-electron chi connectivity index (χ2n) is 3.23. The average molecular weight is 194 g/mol. The van der Waals surface area contributed by atoms with Gasteiger partial charge in [0.2, 0.25) is 0 Å². The molecule has 12 heavy (non-hydrogen) atoms. The summed E-state index contributed by atoms with van der Waals surface area (Å²) < 4.78 is 21.5. The van der Waals surface area contributed by atoms with E-state index in [2.05, 4.69) is 0 Å². The van der Waals surface area contributed by atoms with Crippen LogP contribution in [0.2, 0.25) is 0 Å². The van der Waals surface area contributed by atoms with E-state index in [0.29, 0.717) is 6.42 Å².